The number of benzene rings is 8. The van der Waals surface area contributed by atoms with E-state index in [0.29, 0.717) is 0 Å². The molecule has 11 rings (SSSR count). The zero-order valence-electron chi connectivity index (χ0n) is 27.2. The lowest BCUT2D eigenvalue weighted by Crippen LogP contribution is -2.00. The minimum absolute atomic E-state index is 1.15. The van der Waals surface area contributed by atoms with E-state index in [4.69, 9.17) is 0 Å². The van der Waals surface area contributed by atoms with Crippen molar-refractivity contribution in [2.75, 3.05) is 0 Å². The molecule has 2 aromatic heterocycles. The van der Waals surface area contributed by atoms with Crippen LogP contribution in [-0.4, -0.2) is 9.13 Å². The van der Waals surface area contributed by atoms with E-state index >= 15 is 0 Å². The molecule has 50 heavy (non-hydrogen) atoms. The standard InChI is InChI=1S/C48H30N2/c1-2-14-31(15-3-1)49-45-24-12-10-22-40(45)43-30-48-44(29-47(43)49)41-23-11-13-25-46(41)50(48)32-26-27-39-37-20-7-6-18-35(37)33-16-4-5-17-34(33)36-19-8-9-21-38(36)42(39)28-32/h1-30H. The Morgan fingerprint density at radius 3 is 1.10 bits per heavy atom. The quantitative estimate of drug-likeness (QED) is 0.179. The monoisotopic (exact) mass is 634 g/mol. The fourth-order valence-electron chi connectivity index (χ4n) is 8.55. The van der Waals surface area contributed by atoms with Gasteiger partial charge >= 0.3 is 0 Å². The summed E-state index contributed by atoms with van der Waals surface area (Å²) in [6, 6.07) is 66.9. The van der Waals surface area contributed by atoms with Crippen molar-refractivity contribution in [3.8, 4) is 55.9 Å². The fraction of sp³-hybridized carbons (Fsp3) is 0. The second kappa shape index (κ2) is 10.4. The highest BCUT2D eigenvalue weighted by Gasteiger charge is 2.23. The van der Waals surface area contributed by atoms with Crippen molar-refractivity contribution in [3.05, 3.63) is 182 Å². The van der Waals surface area contributed by atoms with E-state index in [1.807, 2.05) is 0 Å². The second-order valence-electron chi connectivity index (χ2n) is 13.3. The summed E-state index contributed by atoms with van der Waals surface area (Å²) in [6.45, 7) is 0. The van der Waals surface area contributed by atoms with Crippen LogP contribution in [0.4, 0.5) is 0 Å². The number of para-hydroxylation sites is 3. The summed E-state index contributed by atoms with van der Waals surface area (Å²) in [4.78, 5) is 0. The first-order valence-corrected chi connectivity index (χ1v) is 17.3. The average Bonchev–Trinajstić information content (AvgIpc) is 3.68. The molecule has 0 amide bonds. The van der Waals surface area contributed by atoms with Crippen LogP contribution in [-0.2, 0) is 0 Å². The van der Waals surface area contributed by atoms with Gasteiger partial charge in [0.25, 0.3) is 0 Å². The third-order valence-corrected chi connectivity index (χ3v) is 10.7. The molecule has 0 unspecified atom stereocenters. The number of hydrogen-bond acceptors (Lipinski definition) is 0. The SMILES string of the molecule is c1ccc(-n2c3ccccc3c3cc4c(cc32)c2ccccc2n4-c2ccc3c(c2)-c2ccccc2-c2ccccc2-c2ccccc2-3)cc1. The molecule has 0 saturated carbocycles. The van der Waals surface area contributed by atoms with Gasteiger partial charge < -0.3 is 9.13 Å². The minimum atomic E-state index is 1.15. The highest BCUT2D eigenvalue weighted by atomic mass is 15.0. The minimum Gasteiger partial charge on any atom is -0.309 e. The first-order valence-electron chi connectivity index (χ1n) is 17.3. The summed E-state index contributed by atoms with van der Waals surface area (Å²) in [5, 5.41) is 5.01. The van der Waals surface area contributed by atoms with Crippen molar-refractivity contribution >= 4 is 43.6 Å². The lowest BCUT2D eigenvalue weighted by atomic mass is 9.81. The van der Waals surface area contributed by atoms with Crippen LogP contribution >= 0.6 is 0 Å². The summed E-state index contributed by atoms with van der Waals surface area (Å²) in [5.41, 5.74) is 17.2. The Bertz CT molecular complexity index is 2970. The van der Waals surface area contributed by atoms with Gasteiger partial charge in [-0.3, -0.25) is 0 Å². The first-order chi connectivity index (χ1) is 24.8. The van der Waals surface area contributed by atoms with Crippen LogP contribution in [0.1, 0.15) is 0 Å². The van der Waals surface area contributed by atoms with E-state index in [0.717, 1.165) is 5.69 Å². The zero-order valence-corrected chi connectivity index (χ0v) is 27.2. The lowest BCUT2D eigenvalue weighted by Gasteiger charge is -2.24. The molecule has 0 radical (unpaired) electrons. The molecule has 8 aromatic carbocycles. The van der Waals surface area contributed by atoms with Gasteiger partial charge in [-0.25, -0.2) is 0 Å². The van der Waals surface area contributed by atoms with Gasteiger partial charge in [0.1, 0.15) is 0 Å². The summed E-state index contributed by atoms with van der Waals surface area (Å²) >= 11 is 0. The van der Waals surface area contributed by atoms with Gasteiger partial charge in [-0.1, -0.05) is 133 Å². The molecule has 0 saturated heterocycles. The second-order valence-corrected chi connectivity index (χ2v) is 13.3. The van der Waals surface area contributed by atoms with Crippen LogP contribution in [0.2, 0.25) is 0 Å². The molecule has 1 aliphatic rings. The van der Waals surface area contributed by atoms with Crippen molar-refractivity contribution in [2.45, 2.75) is 0 Å². The Hall–Kier alpha value is -6.64. The topological polar surface area (TPSA) is 9.86 Å². The zero-order chi connectivity index (χ0) is 32.8. The normalized spacial score (nSPS) is 12.0. The van der Waals surface area contributed by atoms with E-state index < -0.39 is 0 Å². The van der Waals surface area contributed by atoms with E-state index in [2.05, 4.69) is 191 Å². The van der Waals surface area contributed by atoms with Gasteiger partial charge in [-0.05, 0) is 93.0 Å². The van der Waals surface area contributed by atoms with E-state index in [-0.39, 0.29) is 0 Å². The van der Waals surface area contributed by atoms with Crippen LogP contribution in [0.15, 0.2) is 182 Å². The maximum Gasteiger partial charge on any atom is 0.0548 e. The lowest BCUT2D eigenvalue weighted by molar-refractivity contribution is 1.17. The maximum absolute atomic E-state index is 2.47. The van der Waals surface area contributed by atoms with Gasteiger partial charge in [0.15, 0.2) is 0 Å². The summed E-state index contributed by atoms with van der Waals surface area (Å²) in [5.74, 6) is 0. The van der Waals surface area contributed by atoms with Crippen LogP contribution in [0.5, 0.6) is 0 Å². The number of hydrogen-bond donors (Lipinski definition) is 0. The van der Waals surface area contributed by atoms with Crippen LogP contribution < -0.4 is 0 Å². The van der Waals surface area contributed by atoms with Crippen molar-refractivity contribution in [1.82, 2.24) is 9.13 Å². The molecule has 1 aliphatic carbocycles. The predicted molar refractivity (Wildman–Crippen MR) is 210 cm³/mol. The Morgan fingerprint density at radius 1 is 0.220 bits per heavy atom. The summed E-state index contributed by atoms with van der Waals surface area (Å²) < 4.78 is 4.88. The van der Waals surface area contributed by atoms with Crippen molar-refractivity contribution in [3.63, 3.8) is 0 Å². The van der Waals surface area contributed by atoms with Crippen molar-refractivity contribution in [2.24, 2.45) is 0 Å². The third-order valence-electron chi connectivity index (χ3n) is 10.7. The number of aromatic nitrogens is 2. The molecule has 2 nitrogen and oxygen atoms in total. The third kappa shape index (κ3) is 3.79. The molecule has 10 aromatic rings. The van der Waals surface area contributed by atoms with Gasteiger partial charge in [-0.15, -0.1) is 0 Å². The largest absolute Gasteiger partial charge is 0.309 e. The molecule has 0 atom stereocenters. The average molecular weight is 635 g/mol. The van der Waals surface area contributed by atoms with E-state index in [1.165, 1.54) is 93.8 Å². The number of fused-ring (bicyclic) bond motifs is 14. The first kappa shape index (κ1) is 27.3. The van der Waals surface area contributed by atoms with Gasteiger partial charge in [-0.2, -0.15) is 0 Å². The Balaban J connectivity index is 1.24. The number of nitrogens with zero attached hydrogens (tertiary/aromatic N) is 2. The molecular formula is C48H30N2. The molecule has 0 fully saturated rings. The molecule has 2 heterocycles. The maximum atomic E-state index is 2.47. The van der Waals surface area contributed by atoms with Crippen LogP contribution in [0.3, 0.4) is 0 Å². The smallest absolute Gasteiger partial charge is 0.0548 e. The molecule has 0 spiro atoms. The van der Waals surface area contributed by atoms with Gasteiger partial charge in [0, 0.05) is 32.9 Å². The van der Waals surface area contributed by atoms with E-state index in [9.17, 15) is 0 Å². The Morgan fingerprint density at radius 2 is 0.600 bits per heavy atom. The van der Waals surface area contributed by atoms with Crippen molar-refractivity contribution in [1.29, 1.82) is 0 Å². The summed E-state index contributed by atoms with van der Waals surface area (Å²) in [6.07, 6.45) is 0. The molecule has 0 N–H and O–H groups in total. The highest BCUT2D eigenvalue weighted by Crippen LogP contribution is 2.48. The van der Waals surface area contributed by atoms with Crippen molar-refractivity contribution < 1.29 is 0 Å². The highest BCUT2D eigenvalue weighted by molar-refractivity contribution is 6.19. The van der Waals surface area contributed by atoms with Gasteiger partial charge in [0.05, 0.1) is 22.1 Å². The Kier molecular flexibility index (Phi) is 5.70. The van der Waals surface area contributed by atoms with Gasteiger partial charge in [0.2, 0.25) is 0 Å². The van der Waals surface area contributed by atoms with E-state index in [1.54, 1.807) is 0 Å². The molecule has 0 bridgehead atoms. The molecule has 0 aliphatic heterocycles. The fourth-order valence-corrected chi connectivity index (χ4v) is 8.55. The van der Waals surface area contributed by atoms with Crippen LogP contribution in [0, 0.1) is 0 Å². The summed E-state index contributed by atoms with van der Waals surface area (Å²) in [7, 11) is 0. The number of rotatable bonds is 2. The van der Waals surface area contributed by atoms with Crippen LogP contribution in [0.25, 0.3) is 99.5 Å². The Labute approximate surface area is 289 Å². The molecule has 2 heteroatoms. The predicted octanol–water partition coefficient (Wildman–Crippen LogP) is 12.9. The molecular weight excluding hydrogens is 605 g/mol. The molecule has 232 valence electrons.